The lowest BCUT2D eigenvalue weighted by atomic mass is 10.2. The van der Waals surface area contributed by atoms with E-state index in [0.29, 0.717) is 24.5 Å². The van der Waals surface area contributed by atoms with Crippen LogP contribution in [0.4, 0.5) is 5.69 Å². The van der Waals surface area contributed by atoms with Gasteiger partial charge in [0, 0.05) is 24.3 Å². The highest BCUT2D eigenvalue weighted by molar-refractivity contribution is 7.91. The van der Waals surface area contributed by atoms with Gasteiger partial charge >= 0.3 is 10.0 Å². The second-order valence-corrected chi connectivity index (χ2v) is 8.96. The van der Waals surface area contributed by atoms with E-state index in [4.69, 9.17) is 10.5 Å². The summed E-state index contributed by atoms with van der Waals surface area (Å²) in [5.41, 5.74) is 8.40. The maximum Gasteiger partial charge on any atom is 0.306 e. The first-order valence-corrected chi connectivity index (χ1v) is 10.6. The molecule has 1 unspecified atom stereocenters. The van der Waals surface area contributed by atoms with Crippen molar-refractivity contribution in [3.8, 4) is 11.5 Å². The minimum absolute atomic E-state index is 0.0385. The summed E-state index contributed by atoms with van der Waals surface area (Å²) >= 11 is 0. The first-order valence-electron chi connectivity index (χ1n) is 8.94. The maximum absolute atomic E-state index is 13.0. The van der Waals surface area contributed by atoms with Crippen LogP contribution in [0.15, 0.2) is 72.5 Å². The minimum Gasteiger partial charge on any atom is -0.457 e. The molecule has 0 aromatic heterocycles. The summed E-state index contributed by atoms with van der Waals surface area (Å²) in [6.45, 7) is 4.33. The number of nitrogens with zero attached hydrogens (tertiary/aromatic N) is 1. The zero-order chi connectivity index (χ0) is 19.5. The molecule has 5 nitrogen and oxygen atoms in total. The summed E-state index contributed by atoms with van der Waals surface area (Å²) < 4.78 is 31.5. The molecule has 0 bridgehead atoms. The van der Waals surface area contributed by atoms with Crippen LogP contribution >= 0.6 is 0 Å². The third-order valence-electron chi connectivity index (χ3n) is 4.71. The van der Waals surface area contributed by atoms with E-state index in [9.17, 15) is 8.42 Å². The first kappa shape index (κ1) is 19.4. The van der Waals surface area contributed by atoms with Crippen LogP contribution in [-0.4, -0.2) is 27.3 Å². The molecule has 0 saturated heterocycles. The summed E-state index contributed by atoms with van der Waals surface area (Å²) in [7, 11) is -3.44. The van der Waals surface area contributed by atoms with Crippen LogP contribution < -0.4 is 14.4 Å². The summed E-state index contributed by atoms with van der Waals surface area (Å²) in [5, 5.41) is 0. The molecular formula is C21H25N2O3S+. The summed E-state index contributed by atoms with van der Waals surface area (Å²) in [6, 6.07) is 15.0. The Bertz CT molecular complexity index is 961. The van der Waals surface area contributed by atoms with Crippen molar-refractivity contribution in [2.24, 2.45) is 5.73 Å². The molecule has 142 valence electrons. The van der Waals surface area contributed by atoms with Gasteiger partial charge in [0.15, 0.2) is 5.69 Å². The molecular weight excluding hydrogens is 360 g/mol. The Balaban J connectivity index is 1.96. The highest BCUT2D eigenvalue weighted by Crippen LogP contribution is 2.34. The number of quaternary nitrogens is 1. The molecule has 0 spiro atoms. The van der Waals surface area contributed by atoms with E-state index in [0.717, 1.165) is 16.9 Å². The van der Waals surface area contributed by atoms with Gasteiger partial charge in [0.1, 0.15) is 24.2 Å². The molecule has 1 aliphatic rings. The van der Waals surface area contributed by atoms with Gasteiger partial charge in [-0.3, -0.25) is 0 Å². The Hall–Kier alpha value is -2.41. The third kappa shape index (κ3) is 3.83. The number of rotatable bonds is 6. The molecule has 1 aliphatic heterocycles. The molecule has 2 aromatic rings. The number of benzene rings is 2. The average molecular weight is 386 g/mol. The number of nitrogens with two attached hydrogens (primary N) is 1. The fourth-order valence-corrected chi connectivity index (χ4v) is 4.63. The number of sulfonamides is 1. The van der Waals surface area contributed by atoms with Gasteiger partial charge < -0.3 is 10.5 Å². The molecule has 27 heavy (non-hydrogen) atoms. The lowest BCUT2D eigenvalue weighted by Crippen LogP contribution is -2.51. The molecule has 1 heterocycles. The van der Waals surface area contributed by atoms with Crippen molar-refractivity contribution in [3.63, 3.8) is 0 Å². The smallest absolute Gasteiger partial charge is 0.306 e. The zero-order valence-electron chi connectivity index (χ0n) is 15.6. The van der Waals surface area contributed by atoms with Crippen LogP contribution in [0.5, 0.6) is 11.5 Å². The van der Waals surface area contributed by atoms with Crippen LogP contribution in [0.1, 0.15) is 12.5 Å². The Morgan fingerprint density at radius 3 is 2.19 bits per heavy atom. The molecule has 0 fully saturated rings. The molecule has 0 aliphatic carbocycles. The van der Waals surface area contributed by atoms with E-state index in [1.165, 1.54) is 0 Å². The second kappa shape index (κ2) is 7.68. The zero-order valence-corrected chi connectivity index (χ0v) is 16.4. The van der Waals surface area contributed by atoms with E-state index >= 15 is 0 Å². The van der Waals surface area contributed by atoms with Crippen molar-refractivity contribution in [2.45, 2.75) is 13.8 Å². The van der Waals surface area contributed by atoms with E-state index in [2.05, 4.69) is 0 Å². The second-order valence-electron chi connectivity index (χ2n) is 6.57. The standard InChI is InChI=1S/C21H25N2O3S/c1-3-27(24,25)23(14-4-5-18(15-22)16-23)19-8-12-21(13-9-19)26-20-10-6-17(2)7-11-20/h4-13,16H,3,14-15,22H2,1-2H3/q+1. The van der Waals surface area contributed by atoms with Gasteiger partial charge in [-0.2, -0.15) is 12.3 Å². The van der Waals surface area contributed by atoms with Crippen molar-refractivity contribution in [1.82, 2.24) is 3.89 Å². The summed E-state index contributed by atoms with van der Waals surface area (Å²) in [5.74, 6) is 1.44. The van der Waals surface area contributed by atoms with Crippen molar-refractivity contribution >= 4 is 15.7 Å². The SMILES string of the molecule is CCS(=O)(=O)[N+]1(c2ccc(Oc3ccc(C)cc3)cc2)C=C(CN)C=CC1. The number of hydrogen-bond donors (Lipinski definition) is 1. The van der Waals surface area contributed by atoms with Gasteiger partial charge in [-0.15, -0.1) is 0 Å². The average Bonchev–Trinajstić information content (AvgIpc) is 2.70. The lowest BCUT2D eigenvalue weighted by Gasteiger charge is -2.34. The number of hydrogen-bond acceptors (Lipinski definition) is 4. The van der Waals surface area contributed by atoms with E-state index in [1.807, 2.05) is 43.3 Å². The largest absolute Gasteiger partial charge is 0.457 e. The molecule has 1 atom stereocenters. The normalized spacial score (nSPS) is 19.6. The fourth-order valence-electron chi connectivity index (χ4n) is 3.12. The monoisotopic (exact) mass is 385 g/mol. The maximum atomic E-state index is 13.0. The van der Waals surface area contributed by atoms with E-state index < -0.39 is 10.0 Å². The lowest BCUT2D eigenvalue weighted by molar-refractivity contribution is 0.480. The van der Waals surface area contributed by atoms with Crippen LogP contribution in [-0.2, 0) is 10.0 Å². The topological polar surface area (TPSA) is 69.4 Å². The van der Waals surface area contributed by atoms with Gasteiger partial charge in [-0.1, -0.05) is 23.8 Å². The third-order valence-corrected chi connectivity index (χ3v) is 6.90. The highest BCUT2D eigenvalue weighted by Gasteiger charge is 2.42. The van der Waals surface area contributed by atoms with Crippen LogP contribution in [0, 0.1) is 6.92 Å². The van der Waals surface area contributed by atoms with Gasteiger partial charge in [0.2, 0.25) is 0 Å². The Kier molecular flexibility index (Phi) is 5.51. The molecule has 6 heteroatoms. The first-order chi connectivity index (χ1) is 12.9. The molecule has 0 saturated carbocycles. The molecule has 2 aromatic carbocycles. The summed E-state index contributed by atoms with van der Waals surface area (Å²) in [6.07, 6.45) is 5.50. The quantitative estimate of drug-likeness (QED) is 0.767. The Morgan fingerprint density at radius 1 is 1.04 bits per heavy atom. The number of ether oxygens (including phenoxy) is 1. The molecule has 3 rings (SSSR count). The van der Waals surface area contributed by atoms with Crippen LogP contribution in [0.3, 0.4) is 0 Å². The van der Waals surface area contributed by atoms with Crippen molar-refractivity contribution in [1.29, 1.82) is 0 Å². The predicted molar refractivity (Wildman–Crippen MR) is 110 cm³/mol. The fraction of sp³-hybridized carbons (Fsp3) is 0.238. The van der Waals surface area contributed by atoms with Crippen molar-refractivity contribution in [2.75, 3.05) is 18.8 Å². The number of aryl methyl sites for hydroxylation is 1. The van der Waals surface area contributed by atoms with Crippen LogP contribution in [0.25, 0.3) is 0 Å². The van der Waals surface area contributed by atoms with Crippen molar-refractivity contribution < 1.29 is 13.2 Å². The van der Waals surface area contributed by atoms with Gasteiger partial charge in [0.05, 0.1) is 5.75 Å². The van der Waals surface area contributed by atoms with Crippen LogP contribution in [0.2, 0.25) is 0 Å². The Morgan fingerprint density at radius 2 is 1.63 bits per heavy atom. The minimum atomic E-state index is -3.44. The Labute approximate surface area is 161 Å². The highest BCUT2D eigenvalue weighted by atomic mass is 32.2. The van der Waals surface area contributed by atoms with Gasteiger partial charge in [-0.05, 0) is 44.2 Å². The summed E-state index contributed by atoms with van der Waals surface area (Å²) in [4.78, 5) is 0. The van der Waals surface area contributed by atoms with Gasteiger partial charge in [-0.25, -0.2) is 0 Å². The van der Waals surface area contributed by atoms with E-state index in [-0.39, 0.29) is 9.64 Å². The molecule has 2 N–H and O–H groups in total. The van der Waals surface area contributed by atoms with E-state index in [1.54, 1.807) is 37.4 Å². The van der Waals surface area contributed by atoms with Gasteiger partial charge in [0.25, 0.3) is 0 Å². The molecule has 0 amide bonds. The van der Waals surface area contributed by atoms with Crippen molar-refractivity contribution in [3.05, 3.63) is 78.0 Å². The molecule has 0 radical (unpaired) electrons. The predicted octanol–water partition coefficient (Wildman–Crippen LogP) is 3.86.